The van der Waals surface area contributed by atoms with E-state index in [2.05, 4.69) is 20.2 Å². The van der Waals surface area contributed by atoms with Crippen molar-refractivity contribution >= 4 is 44.2 Å². The average molecular weight is 432 g/mol. The summed E-state index contributed by atoms with van der Waals surface area (Å²) in [5.41, 5.74) is 0.871. The van der Waals surface area contributed by atoms with Crippen LogP contribution < -0.4 is 15.0 Å². The van der Waals surface area contributed by atoms with Crippen LogP contribution >= 0.6 is 11.3 Å². The van der Waals surface area contributed by atoms with Crippen LogP contribution in [0.1, 0.15) is 19.3 Å². The Bertz CT molecular complexity index is 1010. The number of morpholine rings is 1. The fraction of sp³-hybridized carbons (Fsp3) is 0.600. The third-order valence-corrected chi connectivity index (χ3v) is 7.50. The van der Waals surface area contributed by atoms with E-state index in [1.54, 1.807) is 32.3 Å². The molecule has 4 fully saturated rings. The molecule has 2 bridgehead atoms. The van der Waals surface area contributed by atoms with Crippen LogP contribution in [0.2, 0.25) is 0 Å². The summed E-state index contributed by atoms with van der Waals surface area (Å²) in [7, 11) is 5.10. The van der Waals surface area contributed by atoms with Crippen molar-refractivity contribution in [1.29, 1.82) is 0 Å². The number of hydrogen-bond acceptors (Lipinski definition) is 8. The molecule has 4 aliphatic rings. The summed E-state index contributed by atoms with van der Waals surface area (Å²) >= 11 is 1.43. The maximum Gasteiger partial charge on any atom is 0.241 e. The number of carbonyl (C=O) groups is 2. The Morgan fingerprint density at radius 3 is 2.57 bits per heavy atom. The highest BCUT2D eigenvalue weighted by atomic mass is 32.1. The molecule has 0 spiro atoms. The molecule has 0 atom stereocenters. The van der Waals surface area contributed by atoms with Gasteiger partial charge < -0.3 is 24.6 Å². The largest absolute Gasteiger partial charge is 0.479 e. The van der Waals surface area contributed by atoms with Gasteiger partial charge in [0.25, 0.3) is 0 Å². The minimum atomic E-state index is -0.432. The average Bonchev–Trinajstić information content (AvgIpc) is 3.09. The van der Waals surface area contributed by atoms with Crippen molar-refractivity contribution < 1.29 is 19.1 Å². The Morgan fingerprint density at radius 1 is 1.23 bits per heavy atom. The van der Waals surface area contributed by atoms with Crippen LogP contribution in [0.15, 0.2) is 6.20 Å². The van der Waals surface area contributed by atoms with Crippen molar-refractivity contribution in [3.8, 4) is 5.88 Å². The molecule has 3 aliphatic carbocycles. The molecule has 0 aromatic carbocycles. The number of hydrogen-bond donors (Lipinski definition) is 1. The monoisotopic (exact) mass is 431 g/mol. The van der Waals surface area contributed by atoms with E-state index in [9.17, 15) is 9.59 Å². The molecule has 1 saturated heterocycles. The number of amides is 2. The molecule has 10 heteroatoms. The summed E-state index contributed by atoms with van der Waals surface area (Å²) in [6.45, 7) is 2.92. The van der Waals surface area contributed by atoms with Gasteiger partial charge in [-0.05, 0) is 19.3 Å². The van der Waals surface area contributed by atoms with Gasteiger partial charge >= 0.3 is 0 Å². The molecule has 2 aromatic heterocycles. The smallest absolute Gasteiger partial charge is 0.241 e. The zero-order valence-corrected chi connectivity index (χ0v) is 18.2. The Labute approximate surface area is 178 Å². The van der Waals surface area contributed by atoms with Gasteiger partial charge in [0.05, 0.1) is 47.7 Å². The minimum Gasteiger partial charge on any atom is -0.479 e. The number of aromatic nitrogens is 2. The van der Waals surface area contributed by atoms with Crippen LogP contribution in [0.4, 0.5) is 10.8 Å². The first kappa shape index (κ1) is 19.5. The van der Waals surface area contributed by atoms with Crippen molar-refractivity contribution in [2.45, 2.75) is 19.3 Å². The summed E-state index contributed by atoms with van der Waals surface area (Å²) < 4.78 is 11.8. The number of fused-ring (bicyclic) bond motifs is 1. The fourth-order valence-electron chi connectivity index (χ4n) is 5.07. The first-order valence-corrected chi connectivity index (χ1v) is 10.9. The number of carbonyl (C=O) groups excluding carboxylic acids is 2. The van der Waals surface area contributed by atoms with Gasteiger partial charge in [-0.1, -0.05) is 11.3 Å². The number of rotatable bonds is 5. The molecular formula is C20H25N5O4S. The van der Waals surface area contributed by atoms with Crippen molar-refractivity contribution in [3.63, 3.8) is 0 Å². The maximum atomic E-state index is 13.0. The van der Waals surface area contributed by atoms with E-state index in [4.69, 9.17) is 9.47 Å². The van der Waals surface area contributed by atoms with E-state index in [1.807, 2.05) is 0 Å². The van der Waals surface area contributed by atoms with Crippen LogP contribution in [0.25, 0.3) is 10.2 Å². The number of anilines is 2. The SMILES string of the molecule is COc1ncc(N2CCOCC2)c2sc(NC(=O)C34CC(C(=O)N(C)C)(C3)C4)nc12. The molecule has 2 amide bonds. The minimum absolute atomic E-state index is 0.0464. The summed E-state index contributed by atoms with van der Waals surface area (Å²) in [4.78, 5) is 38.2. The third-order valence-electron chi connectivity index (χ3n) is 6.50. The Balaban J connectivity index is 1.37. The Kier molecular flexibility index (Phi) is 4.41. The zero-order valence-electron chi connectivity index (χ0n) is 17.4. The highest BCUT2D eigenvalue weighted by Crippen LogP contribution is 2.74. The number of nitrogens with one attached hydrogen (secondary N) is 1. The second-order valence-electron chi connectivity index (χ2n) is 8.69. The highest BCUT2D eigenvalue weighted by Gasteiger charge is 2.75. The third kappa shape index (κ3) is 2.77. The zero-order chi connectivity index (χ0) is 21.1. The maximum absolute atomic E-state index is 13.0. The second kappa shape index (κ2) is 6.78. The van der Waals surface area contributed by atoms with Crippen LogP contribution in [0, 0.1) is 10.8 Å². The van der Waals surface area contributed by atoms with Gasteiger partial charge in [0, 0.05) is 27.2 Å². The quantitative estimate of drug-likeness (QED) is 0.770. The summed E-state index contributed by atoms with van der Waals surface area (Å²) in [5.74, 6) is 0.526. The normalized spacial score (nSPS) is 27.2. The van der Waals surface area contributed by atoms with Crippen LogP contribution in [-0.4, -0.2) is 74.2 Å². The molecule has 3 heterocycles. The first-order chi connectivity index (χ1) is 14.4. The first-order valence-electron chi connectivity index (χ1n) is 10.1. The number of nitrogens with zero attached hydrogens (tertiary/aromatic N) is 4. The number of methoxy groups -OCH3 is 1. The van der Waals surface area contributed by atoms with E-state index in [0.717, 1.165) is 23.5 Å². The van der Waals surface area contributed by atoms with Crippen molar-refractivity contribution in [3.05, 3.63) is 6.20 Å². The van der Waals surface area contributed by atoms with Crippen LogP contribution in [-0.2, 0) is 14.3 Å². The van der Waals surface area contributed by atoms with Crippen molar-refractivity contribution in [2.24, 2.45) is 10.8 Å². The molecule has 6 rings (SSSR count). The second-order valence-corrected chi connectivity index (χ2v) is 9.69. The lowest BCUT2D eigenvalue weighted by Gasteiger charge is -2.68. The van der Waals surface area contributed by atoms with Gasteiger partial charge in [-0.2, -0.15) is 0 Å². The van der Waals surface area contributed by atoms with Gasteiger partial charge in [0.2, 0.25) is 17.7 Å². The molecule has 1 aliphatic heterocycles. The standard InChI is InChI=1S/C20H25N5O4S/c1-24(2)17(27)20-9-19(10-20,11-20)16(26)23-18-22-13-14(30-18)12(8-21-15(13)28-3)25-4-6-29-7-5-25/h8H,4-7,9-11H2,1-3H3,(H,22,23,26). The molecule has 9 nitrogen and oxygen atoms in total. The van der Waals surface area contributed by atoms with Crippen LogP contribution in [0.5, 0.6) is 5.88 Å². The van der Waals surface area contributed by atoms with Gasteiger partial charge in [-0.15, -0.1) is 0 Å². The molecule has 0 unspecified atom stereocenters. The van der Waals surface area contributed by atoms with E-state index >= 15 is 0 Å². The topological polar surface area (TPSA) is 96.9 Å². The molecule has 160 valence electrons. The Morgan fingerprint density at radius 2 is 1.93 bits per heavy atom. The summed E-state index contributed by atoms with van der Waals surface area (Å²) in [6.07, 6.45) is 3.67. The lowest BCUT2D eigenvalue weighted by Crippen LogP contribution is -2.71. The van der Waals surface area contributed by atoms with Crippen LogP contribution in [0.3, 0.4) is 0 Å². The van der Waals surface area contributed by atoms with E-state index in [1.165, 1.54) is 11.3 Å². The van der Waals surface area contributed by atoms with E-state index < -0.39 is 5.41 Å². The van der Waals surface area contributed by atoms with Gasteiger partial charge in [-0.25, -0.2) is 9.97 Å². The highest BCUT2D eigenvalue weighted by molar-refractivity contribution is 7.23. The number of thiazole rings is 1. The molecule has 30 heavy (non-hydrogen) atoms. The summed E-state index contributed by atoms with van der Waals surface area (Å²) in [6, 6.07) is 0. The Hall–Kier alpha value is -2.46. The van der Waals surface area contributed by atoms with Crippen molar-refractivity contribution in [1.82, 2.24) is 14.9 Å². The van der Waals surface area contributed by atoms with E-state index in [0.29, 0.717) is 49.0 Å². The predicted molar refractivity (Wildman–Crippen MR) is 113 cm³/mol. The number of ether oxygens (including phenoxy) is 2. The van der Waals surface area contributed by atoms with Gasteiger partial charge in [0.15, 0.2) is 5.13 Å². The predicted octanol–water partition coefficient (Wildman–Crippen LogP) is 1.73. The van der Waals surface area contributed by atoms with Crippen molar-refractivity contribution in [2.75, 3.05) is 57.7 Å². The molecule has 2 aromatic rings. The molecule has 3 saturated carbocycles. The number of pyridine rings is 1. The molecule has 1 N–H and O–H groups in total. The van der Waals surface area contributed by atoms with Gasteiger partial charge in [-0.3, -0.25) is 9.59 Å². The molecular weight excluding hydrogens is 406 g/mol. The lowest BCUT2D eigenvalue weighted by molar-refractivity contribution is -0.210. The fourth-order valence-corrected chi connectivity index (χ4v) is 6.06. The van der Waals surface area contributed by atoms with E-state index in [-0.39, 0.29) is 17.2 Å². The summed E-state index contributed by atoms with van der Waals surface area (Å²) in [5, 5.41) is 3.53. The van der Waals surface area contributed by atoms with Gasteiger partial charge in [0.1, 0.15) is 5.52 Å². The lowest BCUT2D eigenvalue weighted by atomic mass is 9.34. The molecule has 0 radical (unpaired) electrons.